The fourth-order valence-electron chi connectivity index (χ4n) is 3.58. The van der Waals surface area contributed by atoms with Gasteiger partial charge in [0.05, 0.1) is 17.4 Å². The average molecular weight is 459 g/mol. The molecule has 32 heavy (non-hydrogen) atoms. The lowest BCUT2D eigenvalue weighted by molar-refractivity contribution is -0.126. The largest absolute Gasteiger partial charge is 0.347 e. The highest BCUT2D eigenvalue weighted by Gasteiger charge is 2.33. The number of halogens is 1. The SMILES string of the molecule is Cc1ccc(-c2noc(CNC(=O)C3CCCN(S(=O)(=O)c4ccc(F)cc4)C3)n2)cc1. The molecule has 1 saturated heterocycles. The molecule has 0 spiro atoms. The Labute approximate surface area is 185 Å². The number of hydrogen-bond acceptors (Lipinski definition) is 6. The standard InChI is InChI=1S/C22H23FN4O4S/c1-15-4-6-16(7-5-15)21-25-20(31-26-21)13-24-22(28)17-3-2-12-27(14-17)32(29,30)19-10-8-18(23)9-11-19/h4-11,17H,2-3,12-14H2,1H3,(H,24,28). The molecule has 1 amide bonds. The van der Waals surface area contributed by atoms with Crippen LogP contribution in [0.3, 0.4) is 0 Å². The topological polar surface area (TPSA) is 105 Å². The van der Waals surface area contributed by atoms with Crippen molar-refractivity contribution in [3.8, 4) is 11.4 Å². The summed E-state index contributed by atoms with van der Waals surface area (Å²) < 4.78 is 45.3. The Balaban J connectivity index is 1.36. The van der Waals surface area contributed by atoms with Gasteiger partial charge < -0.3 is 9.84 Å². The molecule has 1 N–H and O–H groups in total. The van der Waals surface area contributed by atoms with E-state index in [0.29, 0.717) is 25.2 Å². The number of aromatic nitrogens is 2. The van der Waals surface area contributed by atoms with Crippen molar-refractivity contribution in [2.75, 3.05) is 13.1 Å². The molecule has 0 bridgehead atoms. The summed E-state index contributed by atoms with van der Waals surface area (Å²) in [5, 5.41) is 6.69. The van der Waals surface area contributed by atoms with Crippen LogP contribution in [0.2, 0.25) is 0 Å². The lowest BCUT2D eigenvalue weighted by atomic mass is 9.99. The van der Waals surface area contributed by atoms with Crippen LogP contribution in [0.25, 0.3) is 11.4 Å². The Hall–Kier alpha value is -3.11. The monoisotopic (exact) mass is 458 g/mol. The quantitative estimate of drug-likeness (QED) is 0.609. The van der Waals surface area contributed by atoms with Crippen molar-refractivity contribution in [3.63, 3.8) is 0 Å². The van der Waals surface area contributed by atoms with Gasteiger partial charge in [-0.15, -0.1) is 0 Å². The summed E-state index contributed by atoms with van der Waals surface area (Å²) in [5.41, 5.74) is 1.93. The molecule has 1 atom stereocenters. The van der Waals surface area contributed by atoms with Gasteiger partial charge in [-0.05, 0) is 44.0 Å². The van der Waals surface area contributed by atoms with E-state index in [1.54, 1.807) is 0 Å². The summed E-state index contributed by atoms with van der Waals surface area (Å²) in [5.74, 6) is -0.590. The molecule has 0 aliphatic carbocycles. The molecule has 0 radical (unpaired) electrons. The maximum absolute atomic E-state index is 13.1. The predicted octanol–water partition coefficient (Wildman–Crippen LogP) is 2.90. The van der Waals surface area contributed by atoms with E-state index in [2.05, 4.69) is 15.5 Å². The van der Waals surface area contributed by atoms with E-state index < -0.39 is 21.8 Å². The van der Waals surface area contributed by atoms with E-state index in [-0.39, 0.29) is 29.8 Å². The molecule has 1 aliphatic heterocycles. The zero-order valence-electron chi connectivity index (χ0n) is 17.5. The Morgan fingerprint density at radius 3 is 2.62 bits per heavy atom. The number of benzene rings is 2. The average Bonchev–Trinajstić information content (AvgIpc) is 3.27. The van der Waals surface area contributed by atoms with Crippen molar-refractivity contribution in [2.24, 2.45) is 5.92 Å². The molecule has 10 heteroatoms. The normalized spacial score (nSPS) is 17.2. The Morgan fingerprint density at radius 1 is 1.19 bits per heavy atom. The van der Waals surface area contributed by atoms with Gasteiger partial charge in [0.2, 0.25) is 27.6 Å². The van der Waals surface area contributed by atoms with E-state index in [1.165, 1.54) is 16.4 Å². The Bertz CT molecular complexity index is 1190. The van der Waals surface area contributed by atoms with Crippen molar-refractivity contribution < 1.29 is 22.1 Å². The minimum atomic E-state index is -3.80. The Morgan fingerprint density at radius 2 is 1.91 bits per heavy atom. The van der Waals surface area contributed by atoms with Gasteiger partial charge in [-0.3, -0.25) is 4.79 Å². The number of rotatable bonds is 6. The van der Waals surface area contributed by atoms with E-state index in [9.17, 15) is 17.6 Å². The van der Waals surface area contributed by atoms with Crippen LogP contribution < -0.4 is 5.32 Å². The summed E-state index contributed by atoms with van der Waals surface area (Å²) in [4.78, 5) is 17.0. The third kappa shape index (κ3) is 4.86. The molecular formula is C22H23FN4O4S. The van der Waals surface area contributed by atoms with Crippen molar-refractivity contribution in [2.45, 2.75) is 31.2 Å². The summed E-state index contributed by atoms with van der Waals surface area (Å²) >= 11 is 0. The van der Waals surface area contributed by atoms with Crippen LogP contribution in [0, 0.1) is 18.7 Å². The number of carbonyl (C=O) groups excluding carboxylic acids is 1. The zero-order valence-corrected chi connectivity index (χ0v) is 18.3. The first-order valence-electron chi connectivity index (χ1n) is 10.3. The second-order valence-electron chi connectivity index (χ2n) is 7.75. The number of nitrogens with one attached hydrogen (secondary N) is 1. The molecule has 1 aromatic heterocycles. The van der Waals surface area contributed by atoms with Crippen LogP contribution >= 0.6 is 0 Å². The van der Waals surface area contributed by atoms with E-state index in [1.807, 2.05) is 31.2 Å². The van der Waals surface area contributed by atoms with Gasteiger partial charge in [0.25, 0.3) is 0 Å². The number of nitrogens with zero attached hydrogens (tertiary/aromatic N) is 3. The van der Waals surface area contributed by atoms with Gasteiger partial charge in [-0.2, -0.15) is 9.29 Å². The van der Waals surface area contributed by atoms with Crippen molar-refractivity contribution in [1.29, 1.82) is 0 Å². The van der Waals surface area contributed by atoms with Crippen LogP contribution in [0.5, 0.6) is 0 Å². The highest BCUT2D eigenvalue weighted by atomic mass is 32.2. The highest BCUT2D eigenvalue weighted by Crippen LogP contribution is 2.24. The second kappa shape index (κ2) is 9.17. The van der Waals surface area contributed by atoms with Gasteiger partial charge >= 0.3 is 0 Å². The van der Waals surface area contributed by atoms with E-state index >= 15 is 0 Å². The maximum atomic E-state index is 13.1. The third-order valence-electron chi connectivity index (χ3n) is 5.40. The smallest absolute Gasteiger partial charge is 0.246 e. The lowest BCUT2D eigenvalue weighted by Crippen LogP contribution is -2.45. The fraction of sp³-hybridized carbons (Fsp3) is 0.318. The van der Waals surface area contributed by atoms with E-state index in [0.717, 1.165) is 23.3 Å². The number of hydrogen-bond donors (Lipinski definition) is 1. The van der Waals surface area contributed by atoms with Crippen LogP contribution in [0.1, 0.15) is 24.3 Å². The molecule has 168 valence electrons. The van der Waals surface area contributed by atoms with Gasteiger partial charge in [0, 0.05) is 18.7 Å². The summed E-state index contributed by atoms with van der Waals surface area (Å²) in [6.07, 6.45) is 1.12. The molecule has 0 saturated carbocycles. The van der Waals surface area contributed by atoms with Gasteiger partial charge in [0.1, 0.15) is 5.82 Å². The molecule has 4 rings (SSSR count). The molecular weight excluding hydrogens is 435 g/mol. The lowest BCUT2D eigenvalue weighted by Gasteiger charge is -2.31. The van der Waals surface area contributed by atoms with Crippen LogP contribution in [0.15, 0.2) is 57.9 Å². The second-order valence-corrected chi connectivity index (χ2v) is 9.69. The molecule has 1 unspecified atom stereocenters. The first-order chi connectivity index (χ1) is 15.3. The number of amides is 1. The summed E-state index contributed by atoms with van der Waals surface area (Å²) in [7, 11) is -3.80. The summed E-state index contributed by atoms with van der Waals surface area (Å²) in [6, 6.07) is 12.4. The molecule has 3 aromatic rings. The van der Waals surface area contributed by atoms with Gasteiger partial charge in [-0.1, -0.05) is 35.0 Å². The maximum Gasteiger partial charge on any atom is 0.246 e. The van der Waals surface area contributed by atoms with Gasteiger partial charge in [0.15, 0.2) is 0 Å². The van der Waals surface area contributed by atoms with Crippen molar-refractivity contribution >= 4 is 15.9 Å². The zero-order chi connectivity index (χ0) is 22.7. The number of carbonyl (C=O) groups is 1. The number of sulfonamides is 1. The summed E-state index contributed by atoms with van der Waals surface area (Å²) in [6.45, 7) is 2.41. The molecule has 2 aromatic carbocycles. The highest BCUT2D eigenvalue weighted by molar-refractivity contribution is 7.89. The molecule has 2 heterocycles. The predicted molar refractivity (Wildman–Crippen MR) is 114 cm³/mol. The number of aryl methyl sites for hydroxylation is 1. The van der Waals surface area contributed by atoms with Gasteiger partial charge in [-0.25, -0.2) is 12.8 Å². The van der Waals surface area contributed by atoms with Crippen LogP contribution in [-0.4, -0.2) is 41.9 Å². The minimum absolute atomic E-state index is 0.00875. The van der Waals surface area contributed by atoms with Crippen molar-refractivity contribution in [3.05, 3.63) is 65.8 Å². The molecule has 8 nitrogen and oxygen atoms in total. The molecule has 1 aliphatic rings. The minimum Gasteiger partial charge on any atom is -0.347 e. The van der Waals surface area contributed by atoms with Crippen LogP contribution in [-0.2, 0) is 21.4 Å². The first kappa shape index (κ1) is 22.1. The first-order valence-corrected chi connectivity index (χ1v) is 11.7. The van der Waals surface area contributed by atoms with Crippen LogP contribution in [0.4, 0.5) is 4.39 Å². The number of piperidine rings is 1. The Kier molecular flexibility index (Phi) is 6.33. The fourth-order valence-corrected chi connectivity index (χ4v) is 5.11. The van der Waals surface area contributed by atoms with E-state index in [4.69, 9.17) is 4.52 Å². The molecule has 1 fully saturated rings. The van der Waals surface area contributed by atoms with Crippen molar-refractivity contribution in [1.82, 2.24) is 19.8 Å². The third-order valence-corrected chi connectivity index (χ3v) is 7.28.